The van der Waals surface area contributed by atoms with Gasteiger partial charge in [-0.2, -0.15) is 0 Å². The first-order chi connectivity index (χ1) is 6.76. The van der Waals surface area contributed by atoms with E-state index in [1.54, 1.807) is 6.92 Å². The maximum atomic E-state index is 11.8. The number of aryl methyl sites for hydroxylation is 1. The first-order valence-corrected chi connectivity index (χ1v) is 6.34. The van der Waals surface area contributed by atoms with Gasteiger partial charge in [-0.05, 0) is 24.6 Å². The van der Waals surface area contributed by atoms with E-state index in [1.807, 2.05) is 0 Å². The summed E-state index contributed by atoms with van der Waals surface area (Å²) in [5, 5.41) is 0.594. The van der Waals surface area contributed by atoms with Crippen molar-refractivity contribution < 1.29 is 8.42 Å². The molecule has 6 heteroatoms. The average molecular weight is 268 g/mol. The van der Waals surface area contributed by atoms with Crippen LogP contribution in [0.3, 0.4) is 0 Å². The van der Waals surface area contributed by atoms with Crippen molar-refractivity contribution >= 4 is 33.2 Å². The minimum absolute atomic E-state index is 0.0797. The fraction of sp³-hybridized carbons (Fsp3) is 0.333. The zero-order valence-electron chi connectivity index (χ0n) is 8.58. The van der Waals surface area contributed by atoms with Crippen LogP contribution >= 0.6 is 23.2 Å². The van der Waals surface area contributed by atoms with E-state index in [0.717, 1.165) is 4.31 Å². The van der Waals surface area contributed by atoms with Gasteiger partial charge in [0.1, 0.15) is 4.90 Å². The van der Waals surface area contributed by atoms with E-state index in [4.69, 9.17) is 23.2 Å². The Hall–Kier alpha value is -0.290. The Bertz CT molecular complexity index is 483. The van der Waals surface area contributed by atoms with E-state index in [1.165, 1.54) is 26.2 Å². The van der Waals surface area contributed by atoms with Crippen molar-refractivity contribution in [2.45, 2.75) is 11.8 Å². The standard InChI is InChI=1S/C9H11Cl2NO2S/c1-6-4-9(8(11)5-7(6)10)15(13,14)12(2)3/h4-5H,1-3H3. The Morgan fingerprint density at radius 3 is 2.13 bits per heavy atom. The predicted octanol–water partition coefficient (Wildman–Crippen LogP) is 2.55. The highest BCUT2D eigenvalue weighted by molar-refractivity contribution is 7.89. The maximum Gasteiger partial charge on any atom is 0.244 e. The molecule has 0 saturated carbocycles. The summed E-state index contributed by atoms with van der Waals surface area (Å²) in [5.41, 5.74) is 0.682. The van der Waals surface area contributed by atoms with Gasteiger partial charge in [0.2, 0.25) is 10.0 Å². The van der Waals surface area contributed by atoms with Gasteiger partial charge in [0.25, 0.3) is 0 Å². The Morgan fingerprint density at radius 1 is 1.13 bits per heavy atom. The average Bonchev–Trinajstić information content (AvgIpc) is 2.10. The van der Waals surface area contributed by atoms with Crippen LogP contribution in [0.25, 0.3) is 0 Å². The number of rotatable bonds is 2. The number of hydrogen-bond acceptors (Lipinski definition) is 2. The van der Waals surface area contributed by atoms with Crippen LogP contribution in [0.15, 0.2) is 17.0 Å². The van der Waals surface area contributed by atoms with Crippen molar-refractivity contribution in [3.8, 4) is 0 Å². The fourth-order valence-electron chi connectivity index (χ4n) is 1.03. The second-order valence-electron chi connectivity index (χ2n) is 3.32. The molecule has 0 N–H and O–H groups in total. The molecule has 0 aliphatic rings. The van der Waals surface area contributed by atoms with E-state index >= 15 is 0 Å². The summed E-state index contributed by atoms with van der Waals surface area (Å²) in [6.07, 6.45) is 0. The molecule has 0 fully saturated rings. The van der Waals surface area contributed by atoms with Crippen molar-refractivity contribution in [3.05, 3.63) is 27.7 Å². The second-order valence-corrected chi connectivity index (χ2v) is 6.25. The Labute approximate surface area is 99.7 Å². The molecule has 0 unspecified atom stereocenters. The first-order valence-electron chi connectivity index (χ1n) is 4.15. The van der Waals surface area contributed by atoms with Crippen LogP contribution < -0.4 is 0 Å². The minimum Gasteiger partial charge on any atom is -0.207 e. The SMILES string of the molecule is Cc1cc(S(=O)(=O)N(C)C)c(Cl)cc1Cl. The Balaban J connectivity index is 3.46. The highest BCUT2D eigenvalue weighted by atomic mass is 35.5. The molecule has 1 aromatic carbocycles. The number of sulfonamides is 1. The van der Waals surface area contributed by atoms with Gasteiger partial charge in [0.05, 0.1) is 5.02 Å². The normalized spacial score (nSPS) is 12.1. The molecule has 15 heavy (non-hydrogen) atoms. The lowest BCUT2D eigenvalue weighted by atomic mass is 10.2. The summed E-state index contributed by atoms with van der Waals surface area (Å²) in [7, 11) is -0.596. The third-order valence-corrected chi connectivity index (χ3v) is 4.66. The molecular weight excluding hydrogens is 257 g/mol. The molecule has 0 aliphatic heterocycles. The van der Waals surface area contributed by atoms with Crippen LogP contribution in [0.4, 0.5) is 0 Å². The molecule has 0 atom stereocenters. The summed E-state index contributed by atoms with van der Waals surface area (Å²) < 4.78 is 24.7. The van der Waals surface area contributed by atoms with E-state index in [0.29, 0.717) is 10.6 Å². The summed E-state index contributed by atoms with van der Waals surface area (Å²) in [6.45, 7) is 1.73. The minimum atomic E-state index is -3.50. The van der Waals surface area contributed by atoms with Gasteiger partial charge in [-0.1, -0.05) is 23.2 Å². The van der Waals surface area contributed by atoms with E-state index in [-0.39, 0.29) is 9.92 Å². The van der Waals surface area contributed by atoms with Crippen molar-refractivity contribution in [3.63, 3.8) is 0 Å². The molecule has 0 bridgehead atoms. The molecule has 0 amide bonds. The third-order valence-electron chi connectivity index (χ3n) is 1.97. The molecule has 1 rings (SSSR count). The van der Waals surface area contributed by atoms with Crippen molar-refractivity contribution in [1.29, 1.82) is 0 Å². The Kier molecular flexibility index (Phi) is 3.66. The van der Waals surface area contributed by atoms with Gasteiger partial charge in [0.15, 0.2) is 0 Å². The molecule has 3 nitrogen and oxygen atoms in total. The summed E-state index contributed by atoms with van der Waals surface area (Å²) in [4.78, 5) is 0.0797. The quantitative estimate of drug-likeness (QED) is 0.826. The maximum absolute atomic E-state index is 11.8. The summed E-state index contributed by atoms with van der Waals surface area (Å²) >= 11 is 11.7. The lowest BCUT2D eigenvalue weighted by Crippen LogP contribution is -2.22. The van der Waals surface area contributed by atoms with Gasteiger partial charge in [-0.15, -0.1) is 0 Å². The highest BCUT2D eigenvalue weighted by Gasteiger charge is 2.21. The molecule has 84 valence electrons. The second kappa shape index (κ2) is 4.29. The molecule has 0 aromatic heterocycles. The number of nitrogens with zero attached hydrogens (tertiary/aromatic N) is 1. The molecule has 0 saturated heterocycles. The van der Waals surface area contributed by atoms with Crippen LogP contribution in [0.5, 0.6) is 0 Å². The van der Waals surface area contributed by atoms with Gasteiger partial charge < -0.3 is 0 Å². The molecule has 0 heterocycles. The van der Waals surface area contributed by atoms with Crippen molar-refractivity contribution in [1.82, 2.24) is 4.31 Å². The van der Waals surface area contributed by atoms with Gasteiger partial charge in [-0.3, -0.25) is 0 Å². The Morgan fingerprint density at radius 2 is 1.67 bits per heavy atom. The van der Waals surface area contributed by atoms with Crippen LogP contribution in [-0.4, -0.2) is 26.8 Å². The zero-order valence-corrected chi connectivity index (χ0v) is 10.9. The molecule has 0 spiro atoms. The smallest absolute Gasteiger partial charge is 0.207 e. The van der Waals surface area contributed by atoms with Gasteiger partial charge in [-0.25, -0.2) is 12.7 Å². The van der Waals surface area contributed by atoms with Crippen molar-refractivity contribution in [2.75, 3.05) is 14.1 Å². The first kappa shape index (κ1) is 12.8. The van der Waals surface area contributed by atoms with Crippen LogP contribution in [-0.2, 0) is 10.0 Å². The topological polar surface area (TPSA) is 37.4 Å². The van der Waals surface area contributed by atoms with Crippen molar-refractivity contribution in [2.24, 2.45) is 0 Å². The van der Waals surface area contributed by atoms with Crippen LogP contribution in [0.2, 0.25) is 10.0 Å². The fourth-order valence-corrected chi connectivity index (χ4v) is 2.73. The van der Waals surface area contributed by atoms with Gasteiger partial charge in [0, 0.05) is 19.1 Å². The number of benzene rings is 1. The van der Waals surface area contributed by atoms with E-state index in [9.17, 15) is 8.42 Å². The summed E-state index contributed by atoms with van der Waals surface area (Å²) in [6, 6.07) is 2.91. The van der Waals surface area contributed by atoms with Crippen LogP contribution in [0, 0.1) is 6.92 Å². The zero-order chi connectivity index (χ0) is 11.8. The molecule has 0 aliphatic carbocycles. The highest BCUT2D eigenvalue weighted by Crippen LogP contribution is 2.29. The largest absolute Gasteiger partial charge is 0.244 e. The predicted molar refractivity (Wildman–Crippen MR) is 62.1 cm³/mol. The molecule has 1 aromatic rings. The monoisotopic (exact) mass is 267 g/mol. The number of hydrogen-bond donors (Lipinski definition) is 0. The summed E-state index contributed by atoms with van der Waals surface area (Å²) in [5.74, 6) is 0. The van der Waals surface area contributed by atoms with E-state index in [2.05, 4.69) is 0 Å². The van der Waals surface area contributed by atoms with Gasteiger partial charge >= 0.3 is 0 Å². The third kappa shape index (κ3) is 2.45. The lowest BCUT2D eigenvalue weighted by molar-refractivity contribution is 0.520. The van der Waals surface area contributed by atoms with E-state index < -0.39 is 10.0 Å². The number of halogens is 2. The van der Waals surface area contributed by atoms with Crippen LogP contribution in [0.1, 0.15) is 5.56 Å². The molecule has 0 radical (unpaired) electrons. The lowest BCUT2D eigenvalue weighted by Gasteiger charge is -2.13. The molecular formula is C9H11Cl2NO2S.